The maximum atomic E-state index is 5.79. The molecule has 0 bridgehead atoms. The first kappa shape index (κ1) is 11.6. The molecule has 1 saturated heterocycles. The van der Waals surface area contributed by atoms with Crippen molar-refractivity contribution < 1.29 is 4.74 Å². The number of aryl methyl sites for hydroxylation is 1. The average Bonchev–Trinajstić information content (AvgIpc) is 2.84. The fourth-order valence-electron chi connectivity index (χ4n) is 2.18. The van der Waals surface area contributed by atoms with E-state index in [1.54, 1.807) is 0 Å². The first-order chi connectivity index (χ1) is 7.75. The molecule has 0 aromatic carbocycles. The third-order valence-corrected chi connectivity index (χ3v) is 3.02. The highest BCUT2D eigenvalue weighted by atomic mass is 16.5. The predicted octanol–water partition coefficient (Wildman–Crippen LogP) is 1.34. The molecule has 2 heterocycles. The van der Waals surface area contributed by atoms with Crippen molar-refractivity contribution in [2.75, 3.05) is 6.61 Å². The maximum Gasteiger partial charge on any atom is 0.110 e. The largest absolute Gasteiger partial charge is 0.378 e. The topological polar surface area (TPSA) is 53.1 Å². The van der Waals surface area contributed by atoms with E-state index in [1.165, 1.54) is 12.8 Å². The predicted molar refractivity (Wildman–Crippen MR) is 63.2 cm³/mol. The zero-order chi connectivity index (χ0) is 11.4. The monoisotopic (exact) mass is 223 g/mol. The van der Waals surface area contributed by atoms with Gasteiger partial charge in [0, 0.05) is 38.0 Å². The molecule has 2 atom stereocenters. The van der Waals surface area contributed by atoms with Crippen LogP contribution in [-0.4, -0.2) is 28.3 Å². The van der Waals surface area contributed by atoms with E-state index in [0.717, 1.165) is 31.8 Å². The molecule has 16 heavy (non-hydrogen) atoms. The molecule has 2 N–H and O–H groups in total. The summed E-state index contributed by atoms with van der Waals surface area (Å²) >= 11 is 0. The summed E-state index contributed by atoms with van der Waals surface area (Å²) < 4.78 is 7.81. The molecule has 1 aliphatic rings. The molecule has 4 heteroatoms. The molecule has 1 aromatic rings. The Morgan fingerprint density at radius 1 is 1.69 bits per heavy atom. The van der Waals surface area contributed by atoms with Crippen molar-refractivity contribution in [1.82, 2.24) is 9.55 Å². The number of hydrogen-bond acceptors (Lipinski definition) is 3. The van der Waals surface area contributed by atoms with Crippen LogP contribution in [-0.2, 0) is 17.7 Å². The highest BCUT2D eigenvalue weighted by Crippen LogP contribution is 2.16. The SMILES string of the molecule is CC(N)Cc1nccn1CCC1CCCO1. The van der Waals surface area contributed by atoms with Gasteiger partial charge >= 0.3 is 0 Å². The van der Waals surface area contributed by atoms with Crippen molar-refractivity contribution in [3.05, 3.63) is 18.2 Å². The van der Waals surface area contributed by atoms with E-state index in [1.807, 2.05) is 19.3 Å². The van der Waals surface area contributed by atoms with Crippen LogP contribution >= 0.6 is 0 Å². The summed E-state index contributed by atoms with van der Waals surface area (Å²) in [5.41, 5.74) is 5.79. The Bertz CT molecular complexity index is 316. The first-order valence-corrected chi connectivity index (χ1v) is 6.13. The summed E-state index contributed by atoms with van der Waals surface area (Å²) in [5, 5.41) is 0. The molecule has 2 unspecified atom stereocenters. The summed E-state index contributed by atoms with van der Waals surface area (Å²) in [6.07, 6.45) is 8.69. The normalized spacial score (nSPS) is 22.5. The molecule has 1 aromatic heterocycles. The minimum atomic E-state index is 0.170. The quantitative estimate of drug-likeness (QED) is 0.819. The van der Waals surface area contributed by atoms with Gasteiger partial charge in [-0.05, 0) is 26.2 Å². The van der Waals surface area contributed by atoms with E-state index in [0.29, 0.717) is 6.10 Å². The molecule has 0 spiro atoms. The number of ether oxygens (including phenoxy) is 1. The van der Waals surface area contributed by atoms with E-state index in [2.05, 4.69) is 9.55 Å². The van der Waals surface area contributed by atoms with Crippen molar-refractivity contribution in [1.29, 1.82) is 0 Å². The van der Waals surface area contributed by atoms with Crippen LogP contribution < -0.4 is 5.73 Å². The fourth-order valence-corrected chi connectivity index (χ4v) is 2.18. The van der Waals surface area contributed by atoms with E-state index in [-0.39, 0.29) is 6.04 Å². The molecule has 0 saturated carbocycles. The summed E-state index contributed by atoms with van der Waals surface area (Å²) in [5.74, 6) is 1.09. The van der Waals surface area contributed by atoms with Crippen LogP contribution in [0.25, 0.3) is 0 Å². The number of nitrogens with two attached hydrogens (primary N) is 1. The Morgan fingerprint density at radius 2 is 2.56 bits per heavy atom. The third-order valence-electron chi connectivity index (χ3n) is 3.02. The van der Waals surface area contributed by atoms with Gasteiger partial charge in [0.05, 0.1) is 6.10 Å². The Hall–Kier alpha value is -0.870. The average molecular weight is 223 g/mol. The molecule has 1 fully saturated rings. The molecule has 4 nitrogen and oxygen atoms in total. The van der Waals surface area contributed by atoms with Gasteiger partial charge in [-0.15, -0.1) is 0 Å². The van der Waals surface area contributed by atoms with Crippen LogP contribution in [0.3, 0.4) is 0 Å². The standard InChI is InChI=1S/C12H21N3O/c1-10(13)9-12-14-5-7-15(12)6-4-11-3-2-8-16-11/h5,7,10-11H,2-4,6,8-9,13H2,1H3. The van der Waals surface area contributed by atoms with Crippen LogP contribution in [0, 0.1) is 0 Å². The molecular weight excluding hydrogens is 202 g/mol. The zero-order valence-electron chi connectivity index (χ0n) is 9.93. The summed E-state index contributed by atoms with van der Waals surface area (Å²) in [6, 6.07) is 0.170. The lowest BCUT2D eigenvalue weighted by Gasteiger charge is -2.12. The van der Waals surface area contributed by atoms with Crippen LogP contribution in [0.5, 0.6) is 0 Å². The van der Waals surface area contributed by atoms with E-state index in [4.69, 9.17) is 10.5 Å². The second kappa shape index (κ2) is 5.46. The highest BCUT2D eigenvalue weighted by molar-refractivity contribution is 4.94. The zero-order valence-corrected chi connectivity index (χ0v) is 9.93. The van der Waals surface area contributed by atoms with Crippen molar-refractivity contribution >= 4 is 0 Å². The number of rotatable bonds is 5. The first-order valence-electron chi connectivity index (χ1n) is 6.13. The molecule has 0 aliphatic carbocycles. The molecular formula is C12H21N3O. The minimum Gasteiger partial charge on any atom is -0.378 e. The van der Waals surface area contributed by atoms with Gasteiger partial charge in [0.1, 0.15) is 5.82 Å². The lowest BCUT2D eigenvalue weighted by Crippen LogP contribution is -2.21. The maximum absolute atomic E-state index is 5.79. The van der Waals surface area contributed by atoms with Gasteiger partial charge in [-0.1, -0.05) is 0 Å². The second-order valence-electron chi connectivity index (χ2n) is 4.64. The van der Waals surface area contributed by atoms with Crippen LogP contribution in [0.15, 0.2) is 12.4 Å². The molecule has 1 aliphatic heterocycles. The van der Waals surface area contributed by atoms with Crippen molar-refractivity contribution in [2.24, 2.45) is 5.73 Å². The molecule has 0 radical (unpaired) electrons. The van der Waals surface area contributed by atoms with Gasteiger partial charge in [-0.25, -0.2) is 4.98 Å². The van der Waals surface area contributed by atoms with Crippen LogP contribution in [0.2, 0.25) is 0 Å². The fraction of sp³-hybridized carbons (Fsp3) is 0.750. The molecule has 0 amide bonds. The van der Waals surface area contributed by atoms with Gasteiger partial charge in [0.15, 0.2) is 0 Å². The third kappa shape index (κ3) is 3.06. The number of hydrogen-bond donors (Lipinski definition) is 1. The Morgan fingerprint density at radius 3 is 3.25 bits per heavy atom. The van der Waals surface area contributed by atoms with Crippen LogP contribution in [0.1, 0.15) is 32.0 Å². The van der Waals surface area contributed by atoms with Gasteiger partial charge in [0.2, 0.25) is 0 Å². The van der Waals surface area contributed by atoms with Gasteiger partial charge in [-0.3, -0.25) is 0 Å². The summed E-state index contributed by atoms with van der Waals surface area (Å²) in [4.78, 5) is 4.34. The van der Waals surface area contributed by atoms with Crippen molar-refractivity contribution in [3.63, 3.8) is 0 Å². The number of imidazole rings is 1. The molecule has 90 valence electrons. The van der Waals surface area contributed by atoms with Crippen molar-refractivity contribution in [3.8, 4) is 0 Å². The van der Waals surface area contributed by atoms with Crippen molar-refractivity contribution in [2.45, 2.75) is 51.3 Å². The highest BCUT2D eigenvalue weighted by Gasteiger charge is 2.15. The number of nitrogens with zero attached hydrogens (tertiary/aromatic N) is 2. The van der Waals surface area contributed by atoms with Gasteiger partial charge in [-0.2, -0.15) is 0 Å². The van der Waals surface area contributed by atoms with Gasteiger partial charge in [0.25, 0.3) is 0 Å². The summed E-state index contributed by atoms with van der Waals surface area (Å²) in [7, 11) is 0. The molecule has 2 rings (SSSR count). The Balaban J connectivity index is 1.85. The van der Waals surface area contributed by atoms with Gasteiger partial charge < -0.3 is 15.0 Å². The summed E-state index contributed by atoms with van der Waals surface area (Å²) in [6.45, 7) is 3.94. The number of aromatic nitrogens is 2. The smallest absolute Gasteiger partial charge is 0.110 e. The minimum absolute atomic E-state index is 0.170. The van der Waals surface area contributed by atoms with Crippen LogP contribution in [0.4, 0.5) is 0 Å². The lowest BCUT2D eigenvalue weighted by molar-refractivity contribution is 0.100. The Labute approximate surface area is 96.8 Å². The second-order valence-corrected chi connectivity index (χ2v) is 4.64. The van der Waals surface area contributed by atoms with E-state index >= 15 is 0 Å². The van der Waals surface area contributed by atoms with E-state index in [9.17, 15) is 0 Å². The lowest BCUT2D eigenvalue weighted by atomic mass is 10.2. The van der Waals surface area contributed by atoms with E-state index < -0.39 is 0 Å². The Kier molecular flexibility index (Phi) is 3.96.